The lowest BCUT2D eigenvalue weighted by Gasteiger charge is -2.24. The third-order valence-corrected chi connectivity index (χ3v) is 4.41. The van der Waals surface area contributed by atoms with Crippen LogP contribution in [0, 0.1) is 5.41 Å². The molecule has 22 heavy (non-hydrogen) atoms. The summed E-state index contributed by atoms with van der Waals surface area (Å²) in [6.45, 7) is 11.2. The molecule has 0 saturated carbocycles. The zero-order chi connectivity index (χ0) is 16.8. The van der Waals surface area contributed by atoms with Gasteiger partial charge in [0.25, 0.3) is 0 Å². The van der Waals surface area contributed by atoms with Crippen LogP contribution in [0.15, 0.2) is 24.3 Å². The molecule has 0 spiro atoms. The molecule has 0 radical (unpaired) electrons. The summed E-state index contributed by atoms with van der Waals surface area (Å²) in [4.78, 5) is 10.7. The van der Waals surface area contributed by atoms with Crippen LogP contribution in [0.25, 0.3) is 0 Å². The van der Waals surface area contributed by atoms with Crippen LogP contribution >= 0.6 is 0 Å². The first kappa shape index (κ1) is 18.9. The van der Waals surface area contributed by atoms with Crippen molar-refractivity contribution in [3.63, 3.8) is 0 Å². The normalized spacial score (nSPS) is 13.4. The minimum atomic E-state index is -1.11. The van der Waals surface area contributed by atoms with Gasteiger partial charge >= 0.3 is 5.97 Å². The van der Waals surface area contributed by atoms with Gasteiger partial charge in [0.15, 0.2) is 9.04 Å². The minimum absolute atomic E-state index is 0.0781. The molecule has 0 aliphatic carbocycles. The van der Waals surface area contributed by atoms with Crippen molar-refractivity contribution in [2.75, 3.05) is 0 Å². The molecule has 0 saturated heterocycles. The van der Waals surface area contributed by atoms with E-state index >= 15 is 0 Å². The van der Waals surface area contributed by atoms with Crippen LogP contribution in [0.4, 0.5) is 0 Å². The number of hydrogen-bond acceptors (Lipinski definition) is 2. The summed E-state index contributed by atoms with van der Waals surface area (Å²) in [5.74, 6) is -0.791. The van der Waals surface area contributed by atoms with Gasteiger partial charge in [-0.05, 0) is 42.5 Å². The Hall–Kier alpha value is -1.13. The first-order valence-electron chi connectivity index (χ1n) is 8.13. The highest BCUT2D eigenvalue weighted by molar-refractivity contribution is 6.48. The van der Waals surface area contributed by atoms with E-state index in [0.29, 0.717) is 5.41 Å². The van der Waals surface area contributed by atoms with Crippen molar-refractivity contribution in [2.45, 2.75) is 65.7 Å². The Balaban J connectivity index is 2.71. The average Bonchev–Trinajstić information content (AvgIpc) is 2.36. The van der Waals surface area contributed by atoms with Gasteiger partial charge in [0.05, 0.1) is 12.5 Å². The van der Waals surface area contributed by atoms with Crippen molar-refractivity contribution in [3.8, 4) is 0 Å². The first-order chi connectivity index (χ1) is 10.2. The molecule has 0 fully saturated rings. The SMILES string of the molecule is C[SiH](C)OC(CCCC(C)(C)C)c1ccc(CC(=O)O)cc1. The van der Waals surface area contributed by atoms with Gasteiger partial charge in [-0.15, -0.1) is 0 Å². The molecule has 1 aromatic rings. The van der Waals surface area contributed by atoms with Gasteiger partial charge in [-0.1, -0.05) is 51.5 Å². The van der Waals surface area contributed by atoms with Crippen molar-refractivity contribution in [1.82, 2.24) is 0 Å². The molecule has 0 aliphatic heterocycles. The molecule has 0 heterocycles. The summed E-state index contributed by atoms with van der Waals surface area (Å²) in [6, 6.07) is 7.87. The smallest absolute Gasteiger partial charge is 0.307 e. The molecule has 0 aliphatic rings. The molecule has 1 aromatic carbocycles. The average molecular weight is 323 g/mol. The molecule has 1 unspecified atom stereocenters. The highest BCUT2D eigenvalue weighted by Gasteiger charge is 2.17. The first-order valence-corrected chi connectivity index (χ1v) is 10.9. The highest BCUT2D eigenvalue weighted by Crippen LogP contribution is 2.29. The number of rotatable bonds is 8. The second-order valence-electron chi connectivity index (χ2n) is 7.44. The minimum Gasteiger partial charge on any atom is -0.481 e. The highest BCUT2D eigenvalue weighted by atomic mass is 28.3. The van der Waals surface area contributed by atoms with Crippen molar-refractivity contribution >= 4 is 15.0 Å². The Morgan fingerprint density at radius 1 is 1.23 bits per heavy atom. The van der Waals surface area contributed by atoms with Crippen molar-refractivity contribution < 1.29 is 14.3 Å². The molecule has 0 amide bonds. The number of carboxylic acids is 1. The predicted octanol–water partition coefficient (Wildman–Crippen LogP) is 4.57. The van der Waals surface area contributed by atoms with Gasteiger partial charge in [0, 0.05) is 0 Å². The van der Waals surface area contributed by atoms with Gasteiger partial charge in [0.2, 0.25) is 0 Å². The molecule has 0 bridgehead atoms. The third-order valence-electron chi connectivity index (χ3n) is 3.54. The number of hydrogen-bond donors (Lipinski definition) is 1. The quantitative estimate of drug-likeness (QED) is 0.713. The summed E-state index contributed by atoms with van der Waals surface area (Å²) < 4.78 is 6.19. The van der Waals surface area contributed by atoms with Crippen molar-refractivity contribution in [2.24, 2.45) is 5.41 Å². The van der Waals surface area contributed by atoms with Gasteiger partial charge in [-0.2, -0.15) is 0 Å². The molecular weight excluding hydrogens is 292 g/mol. The fourth-order valence-corrected chi connectivity index (χ4v) is 3.43. The molecule has 1 N–H and O–H groups in total. The van der Waals surface area contributed by atoms with E-state index < -0.39 is 15.0 Å². The van der Waals surface area contributed by atoms with E-state index in [1.54, 1.807) is 0 Å². The van der Waals surface area contributed by atoms with Crippen LogP contribution in [-0.4, -0.2) is 20.1 Å². The molecule has 124 valence electrons. The predicted molar refractivity (Wildman–Crippen MR) is 93.8 cm³/mol. The van der Waals surface area contributed by atoms with Crippen molar-refractivity contribution in [1.29, 1.82) is 0 Å². The van der Waals surface area contributed by atoms with E-state index in [0.717, 1.165) is 18.4 Å². The Morgan fingerprint density at radius 2 is 1.82 bits per heavy atom. The molecule has 4 heteroatoms. The summed E-state index contributed by atoms with van der Waals surface area (Å²) in [7, 11) is -1.11. The van der Waals surface area contributed by atoms with Gasteiger partial charge in [-0.3, -0.25) is 4.79 Å². The zero-order valence-corrected chi connectivity index (χ0v) is 15.7. The van der Waals surface area contributed by atoms with E-state index in [1.807, 2.05) is 24.3 Å². The standard InChI is InChI=1S/C18H30O3Si/c1-18(2,3)12-6-7-16(21-22(4)5)15-10-8-14(9-11-15)13-17(19)20/h8-11,16,22H,6-7,12-13H2,1-5H3,(H,19,20). The van der Waals surface area contributed by atoms with E-state index in [-0.39, 0.29) is 12.5 Å². The zero-order valence-electron chi connectivity index (χ0n) is 14.6. The fraction of sp³-hybridized carbons (Fsp3) is 0.611. The number of carboxylic acid groups (broad SMARTS) is 1. The summed E-state index contributed by atoms with van der Waals surface area (Å²) in [5, 5.41) is 8.84. The topological polar surface area (TPSA) is 46.5 Å². The number of aliphatic carboxylic acids is 1. The van der Waals surface area contributed by atoms with Gasteiger partial charge in [-0.25, -0.2) is 0 Å². The lowest BCUT2D eigenvalue weighted by molar-refractivity contribution is -0.136. The molecule has 1 rings (SSSR count). The van der Waals surface area contributed by atoms with Crippen molar-refractivity contribution in [3.05, 3.63) is 35.4 Å². The van der Waals surface area contributed by atoms with Crippen LogP contribution < -0.4 is 0 Å². The summed E-state index contributed by atoms with van der Waals surface area (Å²) in [5.41, 5.74) is 2.36. The number of carbonyl (C=O) groups is 1. The van der Waals surface area contributed by atoms with Crippen LogP contribution in [0.2, 0.25) is 13.1 Å². The maximum atomic E-state index is 10.7. The Kier molecular flexibility index (Phi) is 7.30. The maximum Gasteiger partial charge on any atom is 0.307 e. The van der Waals surface area contributed by atoms with E-state index in [2.05, 4.69) is 33.9 Å². The monoisotopic (exact) mass is 322 g/mol. The molecule has 1 atom stereocenters. The second-order valence-corrected chi connectivity index (χ2v) is 9.81. The second kappa shape index (κ2) is 8.49. The molecular formula is C18H30O3Si. The fourth-order valence-electron chi connectivity index (χ4n) is 2.48. The lowest BCUT2D eigenvalue weighted by Crippen LogP contribution is -2.15. The largest absolute Gasteiger partial charge is 0.481 e. The van der Waals surface area contributed by atoms with Crippen LogP contribution in [0.1, 0.15) is 57.3 Å². The van der Waals surface area contributed by atoms with Crippen LogP contribution in [0.3, 0.4) is 0 Å². The Bertz CT molecular complexity index is 460. The lowest BCUT2D eigenvalue weighted by atomic mass is 9.88. The van der Waals surface area contributed by atoms with E-state index in [1.165, 1.54) is 12.0 Å². The number of benzene rings is 1. The molecule has 0 aromatic heterocycles. The Morgan fingerprint density at radius 3 is 2.27 bits per heavy atom. The maximum absolute atomic E-state index is 10.7. The summed E-state index contributed by atoms with van der Waals surface area (Å²) >= 11 is 0. The Labute approximate surface area is 136 Å². The molecule has 3 nitrogen and oxygen atoms in total. The van der Waals surface area contributed by atoms with E-state index in [4.69, 9.17) is 9.53 Å². The summed E-state index contributed by atoms with van der Waals surface area (Å²) in [6.07, 6.45) is 3.58. The van der Waals surface area contributed by atoms with Gasteiger partial charge in [0.1, 0.15) is 0 Å². The van der Waals surface area contributed by atoms with Gasteiger partial charge < -0.3 is 9.53 Å². The third kappa shape index (κ3) is 7.76. The van der Waals surface area contributed by atoms with Crippen LogP contribution in [-0.2, 0) is 15.6 Å². The van der Waals surface area contributed by atoms with Crippen LogP contribution in [0.5, 0.6) is 0 Å². The van der Waals surface area contributed by atoms with E-state index in [9.17, 15) is 4.79 Å².